The second kappa shape index (κ2) is 14.2. The lowest BCUT2D eigenvalue weighted by atomic mass is 9.33. The van der Waals surface area contributed by atoms with Crippen LogP contribution in [-0.4, -0.2) is 71.1 Å². The molecular formula is C45H70N2O8. The zero-order valence-corrected chi connectivity index (χ0v) is 35.7. The van der Waals surface area contributed by atoms with E-state index >= 15 is 0 Å². The summed E-state index contributed by atoms with van der Waals surface area (Å²) in [5.74, 6) is -0.193. The molecule has 308 valence electrons. The number of allylic oxidation sites excluding steroid dienone is 1. The van der Waals surface area contributed by atoms with Gasteiger partial charge in [-0.2, -0.15) is 0 Å². The molecule has 0 aromatic rings. The number of carboxylic acid groups (broad SMARTS) is 1. The molecule has 4 saturated carbocycles. The maximum absolute atomic E-state index is 15.0. The Labute approximate surface area is 329 Å². The summed E-state index contributed by atoms with van der Waals surface area (Å²) in [5, 5.41) is 12.6. The lowest BCUT2D eigenvalue weighted by molar-refractivity contribution is -0.233. The van der Waals surface area contributed by atoms with Crippen LogP contribution in [0.4, 0.5) is 4.79 Å². The number of fused-ring (bicyclic) bond motifs is 7. The van der Waals surface area contributed by atoms with E-state index in [1.165, 1.54) is 5.57 Å². The highest BCUT2D eigenvalue weighted by atomic mass is 16.6. The number of aliphatic carboxylic acids is 1. The lowest BCUT2D eigenvalue weighted by Gasteiger charge is -2.72. The Morgan fingerprint density at radius 1 is 0.855 bits per heavy atom. The topological polar surface area (TPSA) is 139 Å². The monoisotopic (exact) mass is 767 g/mol. The van der Waals surface area contributed by atoms with Crippen LogP contribution in [0.2, 0.25) is 0 Å². The van der Waals surface area contributed by atoms with E-state index in [-0.39, 0.29) is 76.3 Å². The van der Waals surface area contributed by atoms with Gasteiger partial charge < -0.3 is 24.8 Å². The maximum atomic E-state index is 15.0. The van der Waals surface area contributed by atoms with Crippen LogP contribution in [0.1, 0.15) is 153 Å². The number of alkyl carbamates (subject to hydrolysis) is 1. The summed E-state index contributed by atoms with van der Waals surface area (Å²) in [7, 11) is 0. The van der Waals surface area contributed by atoms with Crippen LogP contribution in [0.3, 0.4) is 0 Å². The molecule has 5 fully saturated rings. The SMILES string of the molecule is CC(C)OC(=O)NC1CCN(C(=O)[C@@]23CC[C@]4(C)[C@H](CC[C@@H]5[C@@]6(C)CC[C@H](OC(=O)CC(C)(C)C(=O)O)C(C)(C)[C@@H]6CC[C@]54C)C2=C(C(C)C)C(=O)C3)CC1. The van der Waals surface area contributed by atoms with Crippen LogP contribution in [0, 0.1) is 56.2 Å². The molecule has 0 aromatic carbocycles. The molecule has 8 atom stereocenters. The molecule has 10 heteroatoms. The van der Waals surface area contributed by atoms with Gasteiger partial charge in [0, 0.05) is 31.0 Å². The molecule has 1 heterocycles. The van der Waals surface area contributed by atoms with Crippen molar-refractivity contribution in [3.8, 4) is 0 Å². The average Bonchev–Trinajstić information content (AvgIpc) is 3.39. The number of rotatable bonds is 8. The number of ketones is 1. The highest BCUT2D eigenvalue weighted by molar-refractivity contribution is 6.07. The van der Waals surface area contributed by atoms with Gasteiger partial charge in [0.05, 0.1) is 23.4 Å². The van der Waals surface area contributed by atoms with Gasteiger partial charge in [-0.05, 0) is 143 Å². The minimum atomic E-state index is -1.18. The summed E-state index contributed by atoms with van der Waals surface area (Å²) in [6.45, 7) is 24.2. The summed E-state index contributed by atoms with van der Waals surface area (Å²) in [6.07, 6.45) is 7.92. The van der Waals surface area contributed by atoms with Crippen molar-refractivity contribution >= 4 is 29.7 Å². The van der Waals surface area contributed by atoms with E-state index in [1.54, 1.807) is 13.8 Å². The van der Waals surface area contributed by atoms with E-state index in [1.807, 2.05) is 18.7 Å². The van der Waals surface area contributed by atoms with Gasteiger partial charge in [-0.25, -0.2) is 4.79 Å². The van der Waals surface area contributed by atoms with E-state index in [2.05, 4.69) is 53.8 Å². The van der Waals surface area contributed by atoms with Crippen LogP contribution >= 0.6 is 0 Å². The molecule has 0 bridgehead atoms. The van der Waals surface area contributed by atoms with E-state index in [4.69, 9.17) is 9.47 Å². The Hall–Kier alpha value is -2.91. The fraction of sp³-hybridized carbons (Fsp3) is 0.844. The predicted molar refractivity (Wildman–Crippen MR) is 210 cm³/mol. The summed E-state index contributed by atoms with van der Waals surface area (Å²) < 4.78 is 11.5. The van der Waals surface area contributed by atoms with Crippen LogP contribution < -0.4 is 5.32 Å². The van der Waals surface area contributed by atoms with E-state index < -0.39 is 28.9 Å². The van der Waals surface area contributed by atoms with Crippen molar-refractivity contribution in [2.24, 2.45) is 56.2 Å². The van der Waals surface area contributed by atoms with Crippen LogP contribution in [-0.2, 0) is 28.7 Å². The molecule has 2 amide bonds. The molecular weight excluding hydrogens is 697 g/mol. The van der Waals surface area contributed by atoms with Crippen LogP contribution in [0.5, 0.6) is 0 Å². The Kier molecular flexibility index (Phi) is 10.8. The fourth-order valence-electron chi connectivity index (χ4n) is 13.6. The number of carboxylic acids is 1. The van der Waals surface area contributed by atoms with Gasteiger partial charge in [0.1, 0.15) is 6.10 Å². The minimum absolute atomic E-state index is 0.00316. The first-order valence-electron chi connectivity index (χ1n) is 21.4. The fourth-order valence-corrected chi connectivity index (χ4v) is 13.6. The van der Waals surface area contributed by atoms with E-state index in [9.17, 15) is 29.1 Å². The number of ether oxygens (including phenoxy) is 2. The average molecular weight is 767 g/mol. The molecule has 0 radical (unpaired) electrons. The van der Waals surface area contributed by atoms with Crippen molar-refractivity contribution < 1.29 is 38.6 Å². The molecule has 10 nitrogen and oxygen atoms in total. The number of nitrogens with zero attached hydrogens (tertiary/aromatic N) is 1. The number of amides is 2. The van der Waals surface area contributed by atoms with Crippen molar-refractivity contribution in [2.45, 2.75) is 171 Å². The van der Waals surface area contributed by atoms with Crippen LogP contribution in [0.25, 0.3) is 0 Å². The summed E-state index contributed by atoms with van der Waals surface area (Å²) in [6, 6.07) is -0.0446. The number of esters is 1. The van der Waals surface area contributed by atoms with Crippen molar-refractivity contribution in [1.82, 2.24) is 10.2 Å². The Morgan fingerprint density at radius 3 is 2.11 bits per heavy atom. The van der Waals surface area contributed by atoms with Gasteiger partial charge in [-0.3, -0.25) is 19.2 Å². The van der Waals surface area contributed by atoms with Crippen molar-refractivity contribution in [3.63, 3.8) is 0 Å². The van der Waals surface area contributed by atoms with Crippen molar-refractivity contribution in [3.05, 3.63) is 11.1 Å². The molecule has 0 unspecified atom stereocenters. The van der Waals surface area contributed by atoms with Gasteiger partial charge in [-0.15, -0.1) is 0 Å². The van der Waals surface area contributed by atoms with Gasteiger partial charge in [0.15, 0.2) is 5.78 Å². The third-order valence-electron chi connectivity index (χ3n) is 16.7. The molecule has 6 aliphatic rings. The highest BCUT2D eigenvalue weighted by Crippen LogP contribution is 2.77. The Bertz CT molecular complexity index is 1620. The first-order valence-corrected chi connectivity index (χ1v) is 21.4. The maximum Gasteiger partial charge on any atom is 0.407 e. The number of carbonyl (C=O) groups excluding carboxylic acids is 4. The van der Waals surface area contributed by atoms with E-state index in [0.29, 0.717) is 44.2 Å². The summed E-state index contributed by atoms with van der Waals surface area (Å²) >= 11 is 0. The molecule has 0 spiro atoms. The Morgan fingerprint density at radius 2 is 1.51 bits per heavy atom. The van der Waals surface area contributed by atoms with Crippen LogP contribution in [0.15, 0.2) is 11.1 Å². The molecule has 55 heavy (non-hydrogen) atoms. The quantitative estimate of drug-likeness (QED) is 0.235. The number of piperidine rings is 1. The number of carbonyl (C=O) groups is 5. The van der Waals surface area contributed by atoms with Crippen molar-refractivity contribution in [2.75, 3.05) is 13.1 Å². The minimum Gasteiger partial charge on any atom is -0.481 e. The first kappa shape index (κ1) is 41.7. The number of nitrogens with one attached hydrogen (secondary N) is 1. The third kappa shape index (κ3) is 6.65. The second-order valence-electron chi connectivity index (χ2n) is 21.1. The zero-order chi connectivity index (χ0) is 40.7. The first-order chi connectivity index (χ1) is 25.4. The normalized spacial score (nSPS) is 37.5. The van der Waals surface area contributed by atoms with Gasteiger partial charge >= 0.3 is 18.0 Å². The standard InChI is InChI=1S/C45H70N2O8/c1-26(2)35-30(48)24-45(37(50)47-22-16-28(17-23-47)46-39(53)54-27(3)4)21-20-43(10)29(36(35)45)12-13-32-42(9)18-15-33(55-34(49)25-40(5,6)38(51)52)41(7,8)31(42)14-19-44(32,43)11/h26-29,31-33H,12-25H2,1-11H3,(H,46,53)(H,51,52)/t29-,31+,32-,33+,42+,43-,44-,45-/m1/s1. The van der Waals surface area contributed by atoms with Crippen molar-refractivity contribution in [1.29, 1.82) is 0 Å². The number of hydrogen-bond acceptors (Lipinski definition) is 7. The largest absolute Gasteiger partial charge is 0.481 e. The lowest BCUT2D eigenvalue weighted by Crippen LogP contribution is -2.66. The molecule has 1 aliphatic heterocycles. The summed E-state index contributed by atoms with van der Waals surface area (Å²) in [5.41, 5.74) is -0.228. The molecule has 5 aliphatic carbocycles. The molecule has 0 aromatic heterocycles. The van der Waals surface area contributed by atoms with Gasteiger partial charge in [0.2, 0.25) is 5.91 Å². The number of hydrogen-bond donors (Lipinski definition) is 2. The molecule has 6 rings (SSSR count). The second-order valence-corrected chi connectivity index (χ2v) is 21.1. The van der Waals surface area contributed by atoms with E-state index in [0.717, 1.165) is 50.5 Å². The smallest absolute Gasteiger partial charge is 0.407 e. The predicted octanol–water partition coefficient (Wildman–Crippen LogP) is 8.51. The zero-order valence-electron chi connectivity index (χ0n) is 35.7. The number of likely N-dealkylation sites (tertiary alicyclic amines) is 1. The third-order valence-corrected chi connectivity index (χ3v) is 16.7. The number of Topliss-reactive ketones (excluding diaryl/α,β-unsaturated/α-hetero) is 1. The van der Waals surface area contributed by atoms with Gasteiger partial charge in [0.25, 0.3) is 0 Å². The summed E-state index contributed by atoms with van der Waals surface area (Å²) in [4.78, 5) is 68.3. The van der Waals surface area contributed by atoms with Gasteiger partial charge in [-0.1, -0.05) is 48.5 Å². The Balaban J connectivity index is 1.25. The highest BCUT2D eigenvalue weighted by Gasteiger charge is 2.71. The molecule has 1 saturated heterocycles. The molecule has 2 N–H and O–H groups in total.